The fourth-order valence-electron chi connectivity index (χ4n) is 1.61. The van der Waals surface area contributed by atoms with Crippen molar-refractivity contribution in [1.82, 2.24) is 0 Å². The van der Waals surface area contributed by atoms with E-state index >= 15 is 0 Å². The zero-order valence-corrected chi connectivity index (χ0v) is 11.1. The Morgan fingerprint density at radius 1 is 1.11 bits per heavy atom. The zero-order valence-electron chi connectivity index (χ0n) is 10.3. The van der Waals surface area contributed by atoms with Crippen LogP contribution < -0.4 is 5.73 Å². The van der Waals surface area contributed by atoms with Gasteiger partial charge in [-0.15, -0.1) is 11.8 Å². The summed E-state index contributed by atoms with van der Waals surface area (Å²) >= 11 is 1.75. The Labute approximate surface area is 112 Å². The lowest BCUT2D eigenvalue weighted by Crippen LogP contribution is -1.87. The Kier molecular flexibility index (Phi) is 4.33. The van der Waals surface area contributed by atoms with Crippen molar-refractivity contribution in [2.45, 2.75) is 11.8 Å². The Balaban J connectivity index is 1.95. The van der Waals surface area contributed by atoms with Gasteiger partial charge in [-0.05, 0) is 42.8 Å². The second-order valence-corrected chi connectivity index (χ2v) is 5.00. The molecule has 2 aromatic carbocycles. The molecule has 0 heterocycles. The van der Waals surface area contributed by atoms with E-state index < -0.39 is 0 Å². The van der Waals surface area contributed by atoms with Crippen molar-refractivity contribution in [3.63, 3.8) is 0 Å². The van der Waals surface area contributed by atoms with E-state index in [0.29, 0.717) is 0 Å². The van der Waals surface area contributed by atoms with Crippen LogP contribution in [0.4, 0.5) is 5.69 Å². The van der Waals surface area contributed by atoms with Gasteiger partial charge < -0.3 is 5.73 Å². The Hall–Kier alpha value is -1.85. The molecule has 1 nitrogen and oxygen atoms in total. The summed E-state index contributed by atoms with van der Waals surface area (Å²) in [5.41, 5.74) is 8.81. The number of thioether (sulfide) groups is 1. The maximum absolute atomic E-state index is 5.72. The summed E-state index contributed by atoms with van der Waals surface area (Å²) in [6.07, 6.45) is 0. The second-order valence-electron chi connectivity index (χ2n) is 3.98. The third-order valence-corrected chi connectivity index (χ3v) is 3.56. The van der Waals surface area contributed by atoms with Crippen LogP contribution in [0.25, 0.3) is 0 Å². The average molecular weight is 253 g/mol. The molecule has 0 aliphatic carbocycles. The van der Waals surface area contributed by atoms with Gasteiger partial charge >= 0.3 is 0 Å². The molecule has 0 unspecified atom stereocenters. The van der Waals surface area contributed by atoms with Crippen molar-refractivity contribution in [2.75, 3.05) is 11.5 Å². The van der Waals surface area contributed by atoms with Crippen molar-refractivity contribution in [3.05, 3.63) is 59.7 Å². The van der Waals surface area contributed by atoms with Crippen LogP contribution in [0, 0.1) is 18.8 Å². The van der Waals surface area contributed by atoms with E-state index in [4.69, 9.17) is 5.73 Å². The maximum Gasteiger partial charge on any atom is 0.0598 e. The fraction of sp³-hybridized carbons (Fsp3) is 0.125. The highest BCUT2D eigenvalue weighted by atomic mass is 32.2. The summed E-state index contributed by atoms with van der Waals surface area (Å²) in [5, 5.41) is 0. The van der Waals surface area contributed by atoms with Crippen molar-refractivity contribution >= 4 is 17.4 Å². The summed E-state index contributed by atoms with van der Waals surface area (Å²) in [7, 11) is 0. The van der Waals surface area contributed by atoms with E-state index in [-0.39, 0.29) is 0 Å². The summed E-state index contributed by atoms with van der Waals surface area (Å²) in [6.45, 7) is 2.07. The molecule has 0 fully saturated rings. The third-order valence-electron chi connectivity index (χ3n) is 2.51. The molecule has 2 heteroatoms. The van der Waals surface area contributed by atoms with Gasteiger partial charge in [0.1, 0.15) is 0 Å². The van der Waals surface area contributed by atoms with Gasteiger partial charge in [-0.1, -0.05) is 30.0 Å². The van der Waals surface area contributed by atoms with Gasteiger partial charge in [0.05, 0.1) is 5.75 Å². The molecule has 2 aromatic rings. The predicted octanol–water partition coefficient (Wildman–Crippen LogP) is 3.72. The number of nitrogens with two attached hydrogens (primary N) is 1. The van der Waals surface area contributed by atoms with Crippen molar-refractivity contribution < 1.29 is 0 Å². The van der Waals surface area contributed by atoms with E-state index in [0.717, 1.165) is 17.0 Å². The first kappa shape index (κ1) is 12.6. The van der Waals surface area contributed by atoms with Crippen LogP contribution in [0.5, 0.6) is 0 Å². The van der Waals surface area contributed by atoms with Crippen LogP contribution in [0.15, 0.2) is 53.4 Å². The second kappa shape index (κ2) is 6.18. The van der Waals surface area contributed by atoms with Crippen LogP contribution >= 0.6 is 11.8 Å². The highest BCUT2D eigenvalue weighted by Crippen LogP contribution is 2.23. The van der Waals surface area contributed by atoms with Crippen LogP contribution in [-0.4, -0.2) is 5.75 Å². The molecule has 0 radical (unpaired) electrons. The minimum atomic E-state index is 0.791. The van der Waals surface area contributed by atoms with Gasteiger partial charge in [0.2, 0.25) is 0 Å². The molecular weight excluding hydrogens is 238 g/mol. The van der Waals surface area contributed by atoms with E-state index in [1.54, 1.807) is 11.8 Å². The van der Waals surface area contributed by atoms with Crippen LogP contribution in [0.1, 0.15) is 11.1 Å². The topological polar surface area (TPSA) is 26.0 Å². The molecule has 2 N–H and O–H groups in total. The first-order valence-corrected chi connectivity index (χ1v) is 6.77. The average Bonchev–Trinajstić information content (AvgIpc) is 2.38. The zero-order chi connectivity index (χ0) is 12.8. The van der Waals surface area contributed by atoms with Gasteiger partial charge in [-0.3, -0.25) is 0 Å². The van der Waals surface area contributed by atoms with Gasteiger partial charge in [0.15, 0.2) is 0 Å². The van der Waals surface area contributed by atoms with E-state index in [2.05, 4.69) is 24.8 Å². The molecule has 0 aliphatic rings. The predicted molar refractivity (Wildman–Crippen MR) is 79.6 cm³/mol. The molecule has 18 heavy (non-hydrogen) atoms. The molecule has 0 atom stereocenters. The van der Waals surface area contributed by atoms with E-state index in [9.17, 15) is 0 Å². The standard InChI is InChI=1S/C16H15NS/c1-13-12-15(17)9-10-16(13)18-11-5-8-14-6-3-2-4-7-14/h2-4,6-7,9-10,12H,11,17H2,1H3. The Morgan fingerprint density at radius 2 is 1.89 bits per heavy atom. The molecular formula is C16H15NS. The van der Waals surface area contributed by atoms with Gasteiger partial charge in [-0.25, -0.2) is 0 Å². The molecule has 0 amide bonds. The number of hydrogen-bond donors (Lipinski definition) is 1. The number of hydrogen-bond acceptors (Lipinski definition) is 2. The third kappa shape index (κ3) is 3.58. The first-order valence-electron chi connectivity index (χ1n) is 5.78. The number of aryl methyl sites for hydroxylation is 1. The molecule has 0 aliphatic heterocycles. The van der Waals surface area contributed by atoms with E-state index in [1.165, 1.54) is 10.5 Å². The molecule has 0 aromatic heterocycles. The number of rotatable bonds is 2. The van der Waals surface area contributed by atoms with Crippen LogP contribution in [0.3, 0.4) is 0 Å². The van der Waals surface area contributed by atoms with Crippen LogP contribution in [-0.2, 0) is 0 Å². The lowest BCUT2D eigenvalue weighted by Gasteiger charge is -2.03. The van der Waals surface area contributed by atoms with Gasteiger partial charge in [0, 0.05) is 16.1 Å². The SMILES string of the molecule is Cc1cc(N)ccc1SCC#Cc1ccccc1. The lowest BCUT2D eigenvalue weighted by molar-refractivity contribution is 1.31. The monoisotopic (exact) mass is 253 g/mol. The number of benzene rings is 2. The van der Waals surface area contributed by atoms with Crippen LogP contribution in [0.2, 0.25) is 0 Å². The molecule has 0 bridgehead atoms. The fourth-order valence-corrected chi connectivity index (χ4v) is 2.36. The molecule has 0 saturated heterocycles. The number of anilines is 1. The summed E-state index contributed by atoms with van der Waals surface area (Å²) in [5.74, 6) is 7.12. The quantitative estimate of drug-likeness (QED) is 0.501. The lowest BCUT2D eigenvalue weighted by atomic mass is 10.2. The maximum atomic E-state index is 5.72. The normalized spacial score (nSPS) is 9.61. The minimum Gasteiger partial charge on any atom is -0.399 e. The largest absolute Gasteiger partial charge is 0.399 e. The molecule has 2 rings (SSSR count). The van der Waals surface area contributed by atoms with Gasteiger partial charge in [-0.2, -0.15) is 0 Å². The molecule has 90 valence electrons. The summed E-state index contributed by atoms with van der Waals surface area (Å²) in [6, 6.07) is 16.0. The van der Waals surface area contributed by atoms with Crippen molar-refractivity contribution in [1.29, 1.82) is 0 Å². The van der Waals surface area contributed by atoms with E-state index in [1.807, 2.05) is 42.5 Å². The van der Waals surface area contributed by atoms with Crippen molar-refractivity contribution in [3.8, 4) is 11.8 Å². The molecule has 0 spiro atoms. The first-order chi connectivity index (χ1) is 8.75. The number of nitrogen functional groups attached to an aromatic ring is 1. The van der Waals surface area contributed by atoms with Gasteiger partial charge in [0.25, 0.3) is 0 Å². The highest BCUT2D eigenvalue weighted by molar-refractivity contribution is 7.99. The van der Waals surface area contributed by atoms with Crippen molar-refractivity contribution in [2.24, 2.45) is 0 Å². The smallest absolute Gasteiger partial charge is 0.0598 e. The summed E-state index contributed by atoms with van der Waals surface area (Å²) in [4.78, 5) is 1.24. The molecule has 0 saturated carbocycles. The minimum absolute atomic E-state index is 0.791. The Morgan fingerprint density at radius 3 is 2.61 bits per heavy atom. The Bertz CT molecular complexity index is 579. The summed E-state index contributed by atoms with van der Waals surface area (Å²) < 4.78 is 0. The highest BCUT2D eigenvalue weighted by Gasteiger charge is 1.97.